The zero-order chi connectivity index (χ0) is 16.8. The molecule has 0 unspecified atom stereocenters. The van der Waals surface area contributed by atoms with Crippen molar-refractivity contribution >= 4 is 17.3 Å². The lowest BCUT2D eigenvalue weighted by atomic mass is 10.1. The number of nitrogens with two attached hydrogens (primary N) is 1. The van der Waals surface area contributed by atoms with Crippen molar-refractivity contribution in [3.05, 3.63) is 47.9 Å². The second-order valence-corrected chi connectivity index (χ2v) is 5.85. The second kappa shape index (κ2) is 7.88. The van der Waals surface area contributed by atoms with Gasteiger partial charge >= 0.3 is 0 Å². The number of carbonyl (C=O) groups excluding carboxylic acids is 1. The number of anilines is 2. The van der Waals surface area contributed by atoms with E-state index in [9.17, 15) is 4.79 Å². The highest BCUT2D eigenvalue weighted by molar-refractivity contribution is 5.76. The Morgan fingerprint density at radius 3 is 2.79 bits per heavy atom. The van der Waals surface area contributed by atoms with Crippen LogP contribution in [0.2, 0.25) is 0 Å². The number of nitrogen functional groups attached to an aromatic ring is 1. The first kappa shape index (κ1) is 16.4. The van der Waals surface area contributed by atoms with Gasteiger partial charge in [0.25, 0.3) is 0 Å². The molecule has 0 atom stereocenters. The number of furan rings is 1. The lowest BCUT2D eigenvalue weighted by Crippen LogP contribution is -2.36. The molecular formula is C18H23N3O3. The van der Waals surface area contributed by atoms with Gasteiger partial charge in [-0.25, -0.2) is 0 Å². The first-order chi connectivity index (χ1) is 11.7. The predicted molar refractivity (Wildman–Crippen MR) is 92.8 cm³/mol. The highest BCUT2D eigenvalue weighted by Crippen LogP contribution is 2.25. The number of rotatable bonds is 6. The van der Waals surface area contributed by atoms with E-state index >= 15 is 0 Å². The molecule has 0 radical (unpaired) electrons. The van der Waals surface area contributed by atoms with E-state index in [1.54, 1.807) is 12.3 Å². The van der Waals surface area contributed by atoms with Crippen LogP contribution in [-0.2, 0) is 22.5 Å². The Morgan fingerprint density at radius 2 is 2.08 bits per heavy atom. The topological polar surface area (TPSA) is 80.7 Å². The summed E-state index contributed by atoms with van der Waals surface area (Å²) in [5.74, 6) is 0.754. The molecule has 3 rings (SSSR count). The first-order valence-electron chi connectivity index (χ1n) is 8.22. The molecule has 0 saturated carbocycles. The number of hydrogen-bond donors (Lipinski definition) is 2. The lowest BCUT2D eigenvalue weighted by molar-refractivity contribution is -0.121. The lowest BCUT2D eigenvalue weighted by Gasteiger charge is -2.30. The Hall–Kier alpha value is -2.47. The van der Waals surface area contributed by atoms with Gasteiger partial charge in [0.1, 0.15) is 5.76 Å². The van der Waals surface area contributed by atoms with Gasteiger partial charge in [-0.3, -0.25) is 4.79 Å². The molecule has 128 valence electrons. The second-order valence-electron chi connectivity index (χ2n) is 5.85. The summed E-state index contributed by atoms with van der Waals surface area (Å²) >= 11 is 0. The zero-order valence-electron chi connectivity index (χ0n) is 13.7. The summed E-state index contributed by atoms with van der Waals surface area (Å²) in [5, 5.41) is 2.85. The molecule has 6 heteroatoms. The molecule has 1 saturated heterocycles. The highest BCUT2D eigenvalue weighted by Gasteiger charge is 2.14. The third-order valence-corrected chi connectivity index (χ3v) is 4.12. The standard InChI is InChI=1S/C18H23N3O3/c19-16-12-14(3-5-17(16)21-7-10-23-11-8-21)4-6-18(22)20-13-15-2-1-9-24-15/h1-3,5,9,12H,4,6-8,10-11,13,19H2,(H,20,22). The zero-order valence-corrected chi connectivity index (χ0v) is 13.7. The van der Waals surface area contributed by atoms with Crippen LogP contribution in [0.25, 0.3) is 0 Å². The number of morpholine rings is 1. The number of aryl methyl sites for hydroxylation is 1. The normalized spacial score (nSPS) is 14.6. The van der Waals surface area contributed by atoms with Gasteiger partial charge in [0.2, 0.25) is 5.91 Å². The van der Waals surface area contributed by atoms with Crippen molar-refractivity contribution in [1.29, 1.82) is 0 Å². The average Bonchev–Trinajstić information content (AvgIpc) is 3.12. The Morgan fingerprint density at radius 1 is 1.25 bits per heavy atom. The minimum absolute atomic E-state index is 0.00206. The molecule has 0 aliphatic carbocycles. The fourth-order valence-electron chi connectivity index (χ4n) is 2.80. The fraction of sp³-hybridized carbons (Fsp3) is 0.389. The molecule has 1 aliphatic rings. The SMILES string of the molecule is Nc1cc(CCC(=O)NCc2ccco2)ccc1N1CCOCC1. The van der Waals surface area contributed by atoms with E-state index in [-0.39, 0.29) is 5.91 Å². The number of nitrogens with one attached hydrogen (secondary N) is 1. The fourth-order valence-corrected chi connectivity index (χ4v) is 2.80. The largest absolute Gasteiger partial charge is 0.467 e. The predicted octanol–water partition coefficient (Wildman–Crippen LogP) is 1.95. The van der Waals surface area contributed by atoms with Crippen LogP contribution in [0.5, 0.6) is 0 Å². The van der Waals surface area contributed by atoms with Crippen LogP contribution >= 0.6 is 0 Å². The molecule has 1 fully saturated rings. The van der Waals surface area contributed by atoms with Crippen molar-refractivity contribution in [2.45, 2.75) is 19.4 Å². The van der Waals surface area contributed by atoms with Crippen LogP contribution in [0, 0.1) is 0 Å². The Balaban J connectivity index is 1.50. The van der Waals surface area contributed by atoms with Crippen LogP contribution < -0.4 is 16.0 Å². The van der Waals surface area contributed by atoms with E-state index in [4.69, 9.17) is 14.9 Å². The highest BCUT2D eigenvalue weighted by atomic mass is 16.5. The minimum atomic E-state index is 0.00206. The molecule has 1 amide bonds. The number of nitrogens with zero attached hydrogens (tertiary/aromatic N) is 1. The van der Waals surface area contributed by atoms with Crippen molar-refractivity contribution in [3.8, 4) is 0 Å². The molecule has 6 nitrogen and oxygen atoms in total. The van der Waals surface area contributed by atoms with E-state index in [2.05, 4.69) is 10.2 Å². The molecule has 1 aliphatic heterocycles. The van der Waals surface area contributed by atoms with Crippen LogP contribution in [0.1, 0.15) is 17.7 Å². The van der Waals surface area contributed by atoms with Crippen molar-refractivity contribution < 1.29 is 13.9 Å². The monoisotopic (exact) mass is 329 g/mol. The number of benzene rings is 1. The van der Waals surface area contributed by atoms with E-state index in [0.717, 1.165) is 49.0 Å². The summed E-state index contributed by atoms with van der Waals surface area (Å²) in [4.78, 5) is 14.1. The Kier molecular flexibility index (Phi) is 5.38. The van der Waals surface area contributed by atoms with Gasteiger partial charge in [0, 0.05) is 19.5 Å². The van der Waals surface area contributed by atoms with Gasteiger partial charge in [-0.15, -0.1) is 0 Å². The molecule has 24 heavy (non-hydrogen) atoms. The maximum atomic E-state index is 11.9. The molecule has 1 aromatic heterocycles. The Labute approximate surface area is 141 Å². The van der Waals surface area contributed by atoms with Gasteiger partial charge in [0.15, 0.2) is 0 Å². The maximum Gasteiger partial charge on any atom is 0.220 e. The summed E-state index contributed by atoms with van der Waals surface area (Å²) in [6.07, 6.45) is 2.69. The van der Waals surface area contributed by atoms with E-state index in [1.807, 2.05) is 24.3 Å². The summed E-state index contributed by atoms with van der Waals surface area (Å²) < 4.78 is 10.6. The smallest absolute Gasteiger partial charge is 0.220 e. The average molecular weight is 329 g/mol. The maximum absolute atomic E-state index is 11.9. The van der Waals surface area contributed by atoms with Crippen LogP contribution in [-0.4, -0.2) is 32.2 Å². The van der Waals surface area contributed by atoms with E-state index < -0.39 is 0 Å². The molecule has 2 aromatic rings. The molecular weight excluding hydrogens is 306 g/mol. The molecule has 3 N–H and O–H groups in total. The Bertz CT molecular complexity index is 664. The van der Waals surface area contributed by atoms with Crippen LogP contribution in [0.15, 0.2) is 41.0 Å². The third kappa shape index (κ3) is 4.29. The van der Waals surface area contributed by atoms with Crippen LogP contribution in [0.3, 0.4) is 0 Å². The van der Waals surface area contributed by atoms with Crippen molar-refractivity contribution in [2.24, 2.45) is 0 Å². The number of ether oxygens (including phenoxy) is 1. The molecule has 1 aromatic carbocycles. The van der Waals surface area contributed by atoms with Gasteiger partial charge < -0.3 is 25.1 Å². The van der Waals surface area contributed by atoms with Gasteiger partial charge in [-0.05, 0) is 36.2 Å². The van der Waals surface area contributed by atoms with Crippen LogP contribution in [0.4, 0.5) is 11.4 Å². The molecule has 0 bridgehead atoms. The summed E-state index contributed by atoms with van der Waals surface area (Å²) in [6, 6.07) is 9.69. The number of carbonyl (C=O) groups is 1. The van der Waals surface area contributed by atoms with Crippen molar-refractivity contribution in [3.63, 3.8) is 0 Å². The van der Waals surface area contributed by atoms with E-state index in [1.165, 1.54) is 0 Å². The van der Waals surface area contributed by atoms with E-state index in [0.29, 0.717) is 19.4 Å². The number of amides is 1. The number of hydrogen-bond acceptors (Lipinski definition) is 5. The third-order valence-electron chi connectivity index (χ3n) is 4.12. The van der Waals surface area contributed by atoms with Crippen molar-refractivity contribution in [1.82, 2.24) is 5.32 Å². The first-order valence-corrected chi connectivity index (χ1v) is 8.22. The summed E-state index contributed by atoms with van der Waals surface area (Å²) in [7, 11) is 0. The summed E-state index contributed by atoms with van der Waals surface area (Å²) in [5.41, 5.74) is 9.05. The molecule has 0 spiro atoms. The quantitative estimate of drug-likeness (QED) is 0.792. The summed E-state index contributed by atoms with van der Waals surface area (Å²) in [6.45, 7) is 3.61. The van der Waals surface area contributed by atoms with Gasteiger partial charge in [0.05, 0.1) is 37.4 Å². The van der Waals surface area contributed by atoms with Crippen molar-refractivity contribution in [2.75, 3.05) is 36.9 Å². The van der Waals surface area contributed by atoms with Gasteiger partial charge in [-0.1, -0.05) is 6.07 Å². The molecule has 2 heterocycles. The van der Waals surface area contributed by atoms with Gasteiger partial charge in [-0.2, -0.15) is 0 Å². The minimum Gasteiger partial charge on any atom is -0.467 e.